The van der Waals surface area contributed by atoms with Gasteiger partial charge >= 0.3 is 0 Å². The number of halogens is 1. The number of rotatable bonds is 7. The summed E-state index contributed by atoms with van der Waals surface area (Å²) in [5.74, 6) is -0.890. The molecule has 0 aliphatic carbocycles. The summed E-state index contributed by atoms with van der Waals surface area (Å²) in [6, 6.07) is 11.5. The third-order valence-electron chi connectivity index (χ3n) is 3.22. The van der Waals surface area contributed by atoms with E-state index in [1.54, 1.807) is 6.07 Å². The molecule has 0 heterocycles. The van der Waals surface area contributed by atoms with Gasteiger partial charge in [-0.05, 0) is 24.3 Å². The largest absolute Gasteiger partial charge is 0.349 e. The lowest BCUT2D eigenvalue weighted by atomic mass is 10.2. The molecule has 0 aliphatic heterocycles. The Morgan fingerprint density at radius 2 is 1.92 bits per heavy atom. The van der Waals surface area contributed by atoms with Crippen LogP contribution in [0.4, 0.5) is 4.39 Å². The summed E-state index contributed by atoms with van der Waals surface area (Å²) in [7, 11) is -3.87. The Hall–Kier alpha value is -2.51. The third kappa shape index (κ3) is 4.50. The Morgan fingerprint density at radius 1 is 1.17 bits per heavy atom. The molecule has 0 spiro atoms. The highest BCUT2D eigenvalue weighted by Crippen LogP contribution is 2.13. The fourth-order valence-electron chi connectivity index (χ4n) is 1.97. The van der Waals surface area contributed by atoms with Crippen LogP contribution in [0.15, 0.2) is 66.1 Å². The van der Waals surface area contributed by atoms with Crippen molar-refractivity contribution >= 4 is 15.9 Å². The highest BCUT2D eigenvalue weighted by atomic mass is 32.2. The van der Waals surface area contributed by atoms with Gasteiger partial charge in [-0.2, -0.15) is 0 Å². The SMILES string of the molecule is C=CCNC(=O)c1cccc(S(=O)(=O)NCc2ccccc2F)c1. The van der Waals surface area contributed by atoms with Crippen LogP contribution in [0, 0.1) is 5.82 Å². The van der Waals surface area contributed by atoms with Crippen LogP contribution in [0.1, 0.15) is 15.9 Å². The third-order valence-corrected chi connectivity index (χ3v) is 4.62. The molecule has 0 atom stereocenters. The molecule has 7 heteroatoms. The molecule has 5 nitrogen and oxygen atoms in total. The lowest BCUT2D eigenvalue weighted by Gasteiger charge is -2.09. The van der Waals surface area contributed by atoms with E-state index in [1.165, 1.54) is 48.5 Å². The summed E-state index contributed by atoms with van der Waals surface area (Å²) in [5.41, 5.74) is 0.451. The molecule has 1 amide bonds. The standard InChI is InChI=1S/C17H17FN2O3S/c1-2-10-19-17(21)13-7-5-8-15(11-13)24(22,23)20-12-14-6-3-4-9-16(14)18/h2-9,11,20H,1,10,12H2,(H,19,21). The Labute approximate surface area is 140 Å². The second kappa shape index (κ2) is 7.85. The number of benzene rings is 2. The predicted molar refractivity (Wildman–Crippen MR) is 89.4 cm³/mol. The van der Waals surface area contributed by atoms with Crippen LogP contribution in [0.5, 0.6) is 0 Å². The van der Waals surface area contributed by atoms with Crippen molar-refractivity contribution < 1.29 is 17.6 Å². The maximum atomic E-state index is 13.6. The summed E-state index contributed by atoms with van der Waals surface area (Å²) < 4.78 is 40.5. The van der Waals surface area contributed by atoms with Gasteiger partial charge in [0.25, 0.3) is 5.91 Å². The fraction of sp³-hybridized carbons (Fsp3) is 0.118. The first-order valence-electron chi connectivity index (χ1n) is 7.16. The van der Waals surface area contributed by atoms with Crippen LogP contribution in [-0.2, 0) is 16.6 Å². The molecule has 0 unspecified atom stereocenters. The monoisotopic (exact) mass is 348 g/mol. The van der Waals surface area contributed by atoms with Crippen molar-refractivity contribution in [2.24, 2.45) is 0 Å². The van der Waals surface area contributed by atoms with Crippen molar-refractivity contribution in [3.63, 3.8) is 0 Å². The molecule has 0 radical (unpaired) electrons. The molecule has 2 aromatic rings. The summed E-state index contributed by atoms with van der Waals surface area (Å²) in [6.45, 7) is 3.59. The maximum absolute atomic E-state index is 13.6. The first-order chi connectivity index (χ1) is 11.4. The molecule has 2 rings (SSSR count). The Morgan fingerprint density at radius 3 is 2.62 bits per heavy atom. The molecule has 24 heavy (non-hydrogen) atoms. The quantitative estimate of drug-likeness (QED) is 0.754. The van der Waals surface area contributed by atoms with Crippen molar-refractivity contribution in [3.8, 4) is 0 Å². The van der Waals surface area contributed by atoms with Gasteiger partial charge in [-0.15, -0.1) is 6.58 Å². The van der Waals surface area contributed by atoms with Crippen LogP contribution in [0.25, 0.3) is 0 Å². The van der Waals surface area contributed by atoms with Gasteiger partial charge in [-0.25, -0.2) is 17.5 Å². The first-order valence-corrected chi connectivity index (χ1v) is 8.64. The minimum Gasteiger partial charge on any atom is -0.349 e. The Kier molecular flexibility index (Phi) is 5.83. The van der Waals surface area contributed by atoms with Gasteiger partial charge in [0.15, 0.2) is 0 Å². The van der Waals surface area contributed by atoms with Crippen molar-refractivity contribution in [1.29, 1.82) is 0 Å². The van der Waals surface area contributed by atoms with E-state index in [-0.39, 0.29) is 29.1 Å². The van der Waals surface area contributed by atoms with Gasteiger partial charge in [0.2, 0.25) is 10.0 Å². The normalized spacial score (nSPS) is 11.0. The number of hydrogen-bond donors (Lipinski definition) is 2. The number of nitrogens with one attached hydrogen (secondary N) is 2. The zero-order chi connectivity index (χ0) is 17.6. The number of amides is 1. The van der Waals surface area contributed by atoms with E-state index < -0.39 is 21.7 Å². The van der Waals surface area contributed by atoms with Gasteiger partial charge < -0.3 is 5.32 Å². The van der Waals surface area contributed by atoms with Gasteiger partial charge in [0.1, 0.15) is 5.82 Å². The van der Waals surface area contributed by atoms with Crippen molar-refractivity contribution in [2.45, 2.75) is 11.4 Å². The van der Waals surface area contributed by atoms with Gasteiger partial charge in [-0.3, -0.25) is 4.79 Å². The fourth-order valence-corrected chi connectivity index (χ4v) is 3.02. The lowest BCUT2D eigenvalue weighted by Crippen LogP contribution is -2.26. The molecule has 2 N–H and O–H groups in total. The second-order valence-electron chi connectivity index (χ2n) is 4.94. The number of hydrogen-bond acceptors (Lipinski definition) is 3. The molecule has 2 aromatic carbocycles. The summed E-state index contributed by atoms with van der Waals surface area (Å²) >= 11 is 0. The van der Waals surface area contributed by atoms with Crippen molar-refractivity contribution in [2.75, 3.05) is 6.54 Å². The Balaban J connectivity index is 2.16. The van der Waals surface area contributed by atoms with E-state index in [9.17, 15) is 17.6 Å². The van der Waals surface area contributed by atoms with Gasteiger partial charge in [-0.1, -0.05) is 30.3 Å². The van der Waals surface area contributed by atoms with Gasteiger partial charge in [0, 0.05) is 24.2 Å². The average molecular weight is 348 g/mol. The molecule has 126 valence electrons. The smallest absolute Gasteiger partial charge is 0.251 e. The zero-order valence-corrected chi connectivity index (χ0v) is 13.6. The minimum absolute atomic E-state index is 0.0647. The zero-order valence-electron chi connectivity index (χ0n) is 12.8. The number of sulfonamides is 1. The molecule has 0 aliphatic rings. The van der Waals surface area contributed by atoms with Crippen LogP contribution >= 0.6 is 0 Å². The second-order valence-corrected chi connectivity index (χ2v) is 6.71. The topological polar surface area (TPSA) is 75.3 Å². The molecule has 0 bridgehead atoms. The van der Waals surface area contributed by atoms with Crippen LogP contribution in [0.2, 0.25) is 0 Å². The summed E-state index contributed by atoms with van der Waals surface area (Å²) in [6.07, 6.45) is 1.52. The lowest BCUT2D eigenvalue weighted by molar-refractivity contribution is 0.0958. The van der Waals surface area contributed by atoms with E-state index in [1.807, 2.05) is 0 Å². The van der Waals surface area contributed by atoms with Gasteiger partial charge in [0.05, 0.1) is 4.90 Å². The van der Waals surface area contributed by atoms with Crippen LogP contribution < -0.4 is 10.0 Å². The molecular formula is C17H17FN2O3S. The number of carbonyl (C=O) groups is 1. The van der Waals surface area contributed by atoms with Crippen LogP contribution in [0.3, 0.4) is 0 Å². The average Bonchev–Trinajstić information content (AvgIpc) is 2.59. The minimum atomic E-state index is -3.87. The summed E-state index contributed by atoms with van der Waals surface area (Å²) in [4.78, 5) is 11.8. The van der Waals surface area contributed by atoms with E-state index in [0.717, 1.165) is 0 Å². The molecule has 0 saturated heterocycles. The highest BCUT2D eigenvalue weighted by molar-refractivity contribution is 7.89. The van der Waals surface area contributed by atoms with E-state index in [4.69, 9.17) is 0 Å². The number of carbonyl (C=O) groups excluding carboxylic acids is 1. The van der Waals surface area contributed by atoms with Crippen LogP contribution in [-0.4, -0.2) is 20.9 Å². The predicted octanol–water partition coefficient (Wildman–Crippen LogP) is 2.22. The Bertz CT molecular complexity index is 850. The van der Waals surface area contributed by atoms with Crippen molar-refractivity contribution in [3.05, 3.63) is 78.1 Å². The first kappa shape index (κ1) is 17.8. The molecule has 0 saturated carbocycles. The highest BCUT2D eigenvalue weighted by Gasteiger charge is 2.16. The van der Waals surface area contributed by atoms with Crippen molar-refractivity contribution in [1.82, 2.24) is 10.0 Å². The summed E-state index contributed by atoms with van der Waals surface area (Å²) in [5, 5.41) is 2.57. The van der Waals surface area contributed by atoms with E-state index >= 15 is 0 Å². The molecule has 0 fully saturated rings. The van der Waals surface area contributed by atoms with E-state index in [2.05, 4.69) is 16.6 Å². The molecule has 0 aromatic heterocycles. The maximum Gasteiger partial charge on any atom is 0.251 e. The molecular weight excluding hydrogens is 331 g/mol. The van der Waals surface area contributed by atoms with E-state index in [0.29, 0.717) is 0 Å².